The molecule has 1 aromatic carbocycles. The minimum atomic E-state index is -0.873. The summed E-state index contributed by atoms with van der Waals surface area (Å²) < 4.78 is 0. The molecule has 2 fully saturated rings. The molecule has 1 aromatic heterocycles. The third kappa shape index (κ3) is 3.20. The number of benzene rings is 1. The molecule has 1 saturated carbocycles. The van der Waals surface area contributed by atoms with Gasteiger partial charge >= 0.3 is 5.97 Å². The first-order valence-electron chi connectivity index (χ1n) is 9.73. The summed E-state index contributed by atoms with van der Waals surface area (Å²) in [5, 5.41) is 10.5. The van der Waals surface area contributed by atoms with Gasteiger partial charge in [-0.15, -0.1) is 0 Å². The molecule has 1 amide bonds. The lowest BCUT2D eigenvalue weighted by Crippen LogP contribution is -2.48. The highest BCUT2D eigenvalue weighted by Gasteiger charge is 2.40. The number of pyridine rings is 1. The number of carbonyl (C=O) groups is 2. The Balaban J connectivity index is 1.80. The quantitative estimate of drug-likeness (QED) is 0.889. The van der Waals surface area contributed by atoms with E-state index >= 15 is 0 Å². The molecule has 0 radical (unpaired) electrons. The topological polar surface area (TPSA) is 70.5 Å². The second-order valence-electron chi connectivity index (χ2n) is 8.54. The monoisotopic (exact) mass is 366 g/mol. The van der Waals surface area contributed by atoms with Crippen molar-refractivity contribution >= 4 is 22.8 Å². The van der Waals surface area contributed by atoms with Crippen molar-refractivity contribution in [1.29, 1.82) is 0 Å². The van der Waals surface area contributed by atoms with Gasteiger partial charge in [0.2, 0.25) is 0 Å². The summed E-state index contributed by atoms with van der Waals surface area (Å²) in [4.78, 5) is 31.7. The summed E-state index contributed by atoms with van der Waals surface area (Å²) in [7, 11) is 0. The fraction of sp³-hybridized carbons (Fsp3) is 0.500. The van der Waals surface area contributed by atoms with Crippen LogP contribution in [0.3, 0.4) is 0 Å². The molecular weight excluding hydrogens is 340 g/mol. The molecule has 5 heteroatoms. The van der Waals surface area contributed by atoms with Gasteiger partial charge in [0.25, 0.3) is 5.91 Å². The summed E-state index contributed by atoms with van der Waals surface area (Å²) in [6.45, 7) is 6.67. The van der Waals surface area contributed by atoms with E-state index in [1.54, 1.807) is 11.8 Å². The van der Waals surface area contributed by atoms with Crippen LogP contribution in [0.5, 0.6) is 0 Å². The summed E-state index contributed by atoms with van der Waals surface area (Å²) in [5.74, 6) is -0.446. The number of aliphatic carboxylic acids is 1. The second kappa shape index (κ2) is 6.32. The zero-order valence-corrected chi connectivity index (χ0v) is 16.2. The number of likely N-dealkylation sites (tertiary alicyclic amines) is 1. The smallest absolute Gasteiger partial charge is 0.311 e. The second-order valence-corrected chi connectivity index (χ2v) is 8.54. The molecule has 1 unspecified atom stereocenters. The molecule has 5 nitrogen and oxygen atoms in total. The number of nitrogens with zero attached hydrogens (tertiary/aromatic N) is 2. The van der Waals surface area contributed by atoms with E-state index in [0.717, 1.165) is 40.6 Å². The molecule has 1 atom stereocenters. The first-order valence-corrected chi connectivity index (χ1v) is 9.73. The van der Waals surface area contributed by atoms with E-state index in [9.17, 15) is 14.7 Å². The average molecular weight is 366 g/mol. The summed E-state index contributed by atoms with van der Waals surface area (Å²) in [6.07, 6.45) is 3.57. The van der Waals surface area contributed by atoms with Crippen molar-refractivity contribution in [2.75, 3.05) is 13.1 Å². The van der Waals surface area contributed by atoms with Crippen molar-refractivity contribution in [3.8, 4) is 0 Å². The number of carboxylic acids is 1. The van der Waals surface area contributed by atoms with E-state index in [2.05, 4.69) is 6.07 Å². The van der Waals surface area contributed by atoms with Crippen molar-refractivity contribution in [3.63, 3.8) is 0 Å². The maximum Gasteiger partial charge on any atom is 0.311 e. The number of carboxylic acid groups (broad SMARTS) is 1. The minimum absolute atomic E-state index is 0.0681. The van der Waals surface area contributed by atoms with Crippen molar-refractivity contribution in [2.45, 2.75) is 52.4 Å². The molecule has 0 spiro atoms. The van der Waals surface area contributed by atoms with Gasteiger partial charge in [-0.3, -0.25) is 14.6 Å². The molecule has 1 N–H and O–H groups in total. The first kappa shape index (κ1) is 18.0. The van der Waals surface area contributed by atoms with Crippen molar-refractivity contribution in [1.82, 2.24) is 9.88 Å². The van der Waals surface area contributed by atoms with Gasteiger partial charge < -0.3 is 10.0 Å². The predicted molar refractivity (Wildman–Crippen MR) is 104 cm³/mol. The molecule has 1 aliphatic carbocycles. The van der Waals surface area contributed by atoms with Crippen molar-refractivity contribution in [3.05, 3.63) is 40.6 Å². The molecule has 27 heavy (non-hydrogen) atoms. The lowest BCUT2D eigenvalue weighted by atomic mass is 9.81. The molecule has 2 heterocycles. The molecule has 1 saturated heterocycles. The van der Waals surface area contributed by atoms with Crippen LogP contribution in [-0.2, 0) is 4.79 Å². The third-order valence-electron chi connectivity index (χ3n) is 5.99. The van der Waals surface area contributed by atoms with Gasteiger partial charge in [-0.1, -0.05) is 11.6 Å². The lowest BCUT2D eigenvalue weighted by molar-refractivity contribution is -0.150. The normalized spacial score (nSPS) is 22.9. The number of fused-ring (bicyclic) bond motifs is 1. The zero-order valence-electron chi connectivity index (χ0n) is 16.2. The standard InChI is InChI=1S/C22H26N2O3/c1-13-9-14(2)19-16(10-13)17(11-18(23-19)15-5-6-15)20(25)24-8-4-7-22(3,12-24)21(26)27/h9-11,15H,4-8,12H2,1-3H3,(H,26,27). The first-order chi connectivity index (χ1) is 12.8. The van der Waals surface area contributed by atoms with Crippen LogP contribution < -0.4 is 0 Å². The summed E-state index contributed by atoms with van der Waals surface area (Å²) in [5.41, 5.74) is 3.87. The lowest BCUT2D eigenvalue weighted by Gasteiger charge is -2.37. The van der Waals surface area contributed by atoms with Crippen LogP contribution in [-0.4, -0.2) is 40.0 Å². The highest BCUT2D eigenvalue weighted by atomic mass is 16.4. The highest BCUT2D eigenvalue weighted by Crippen LogP contribution is 2.41. The summed E-state index contributed by atoms with van der Waals surface area (Å²) in [6, 6.07) is 6.08. The van der Waals surface area contributed by atoms with E-state index in [-0.39, 0.29) is 12.5 Å². The Hall–Kier alpha value is -2.43. The van der Waals surface area contributed by atoms with Crippen LogP contribution in [0.4, 0.5) is 0 Å². The fourth-order valence-corrected chi connectivity index (χ4v) is 4.22. The van der Waals surface area contributed by atoms with Gasteiger partial charge in [0.05, 0.1) is 16.5 Å². The number of hydrogen-bond donors (Lipinski definition) is 1. The molecule has 142 valence electrons. The van der Waals surface area contributed by atoms with E-state index in [1.165, 1.54) is 0 Å². The Morgan fingerprint density at radius 2 is 1.96 bits per heavy atom. The van der Waals surface area contributed by atoms with E-state index in [4.69, 9.17) is 4.98 Å². The minimum Gasteiger partial charge on any atom is -0.481 e. The van der Waals surface area contributed by atoms with Crippen LogP contribution in [0.25, 0.3) is 10.9 Å². The summed E-state index contributed by atoms with van der Waals surface area (Å²) >= 11 is 0. The van der Waals surface area contributed by atoms with Crippen LogP contribution >= 0.6 is 0 Å². The Labute approximate surface area is 159 Å². The Bertz CT molecular complexity index is 948. The third-order valence-corrected chi connectivity index (χ3v) is 5.99. The van der Waals surface area contributed by atoms with Crippen molar-refractivity contribution < 1.29 is 14.7 Å². The van der Waals surface area contributed by atoms with Crippen LogP contribution in [0, 0.1) is 19.3 Å². The van der Waals surface area contributed by atoms with Crippen molar-refractivity contribution in [2.24, 2.45) is 5.41 Å². The van der Waals surface area contributed by atoms with Crippen LogP contribution in [0.15, 0.2) is 18.2 Å². The Morgan fingerprint density at radius 1 is 1.22 bits per heavy atom. The highest BCUT2D eigenvalue weighted by molar-refractivity contribution is 6.07. The van der Waals surface area contributed by atoms with E-state index in [0.29, 0.717) is 30.9 Å². The number of aromatic nitrogens is 1. The molecule has 2 aromatic rings. The van der Waals surface area contributed by atoms with Gasteiger partial charge in [0.1, 0.15) is 0 Å². The number of hydrogen-bond acceptors (Lipinski definition) is 3. The van der Waals surface area contributed by atoms with E-state index in [1.807, 2.05) is 26.0 Å². The molecule has 0 bridgehead atoms. The number of carbonyl (C=O) groups excluding carboxylic acids is 1. The molecule has 4 rings (SSSR count). The van der Waals surface area contributed by atoms with Gasteiger partial charge in [0, 0.05) is 30.1 Å². The predicted octanol–water partition coefficient (Wildman–Crippen LogP) is 4.06. The van der Waals surface area contributed by atoms with E-state index < -0.39 is 11.4 Å². The number of amides is 1. The molecule has 2 aliphatic rings. The average Bonchev–Trinajstić information content (AvgIpc) is 3.45. The molecular formula is C22H26N2O3. The Kier molecular flexibility index (Phi) is 4.21. The van der Waals surface area contributed by atoms with Gasteiger partial charge in [-0.2, -0.15) is 0 Å². The number of rotatable bonds is 3. The van der Waals surface area contributed by atoms with Gasteiger partial charge in [0.15, 0.2) is 0 Å². The molecule has 1 aliphatic heterocycles. The van der Waals surface area contributed by atoms with Crippen LogP contribution in [0.1, 0.15) is 65.7 Å². The SMILES string of the molecule is Cc1cc(C)c2nc(C3CC3)cc(C(=O)N3CCCC(C)(C(=O)O)C3)c2c1. The van der Waals surface area contributed by atoms with Crippen LogP contribution in [0.2, 0.25) is 0 Å². The maximum absolute atomic E-state index is 13.4. The number of aryl methyl sites for hydroxylation is 2. The Morgan fingerprint density at radius 3 is 2.63 bits per heavy atom. The van der Waals surface area contributed by atoms with Gasteiger partial charge in [-0.25, -0.2) is 0 Å². The fourth-order valence-electron chi connectivity index (χ4n) is 4.22. The zero-order chi connectivity index (χ0) is 19.3. The number of piperidine rings is 1. The van der Waals surface area contributed by atoms with Gasteiger partial charge in [-0.05, 0) is 64.2 Å². The maximum atomic E-state index is 13.4. The largest absolute Gasteiger partial charge is 0.481 e.